The molecule has 29 heavy (non-hydrogen) atoms. The quantitative estimate of drug-likeness (QED) is 0.524. The highest BCUT2D eigenvalue weighted by Crippen LogP contribution is 2.55. The molecular weight excluding hydrogens is 374 g/mol. The maximum absolute atomic E-state index is 6.67. The molecule has 0 saturated heterocycles. The topological polar surface area (TPSA) is 12.0 Å². The van der Waals surface area contributed by atoms with Gasteiger partial charge in [0.2, 0.25) is 0 Å². The number of halogens is 1. The van der Waals surface area contributed by atoms with Gasteiger partial charge in [-0.1, -0.05) is 55.7 Å². The summed E-state index contributed by atoms with van der Waals surface area (Å²) in [6.45, 7) is 2.27. The van der Waals surface area contributed by atoms with Crippen LogP contribution in [0.25, 0.3) is 0 Å². The first kappa shape index (κ1) is 20.0. The second kappa shape index (κ2) is 8.28. The van der Waals surface area contributed by atoms with E-state index in [1.165, 1.54) is 76.2 Å². The van der Waals surface area contributed by atoms with E-state index in [9.17, 15) is 0 Å². The molecule has 1 unspecified atom stereocenters. The van der Waals surface area contributed by atoms with Gasteiger partial charge < -0.3 is 0 Å². The second-order valence-electron chi connectivity index (χ2n) is 10.6. The lowest BCUT2D eigenvalue weighted by Crippen LogP contribution is -2.60. The predicted octanol–water partition coefficient (Wildman–Crippen LogP) is 7.08. The Labute approximate surface area is 182 Å². The fourth-order valence-corrected chi connectivity index (χ4v) is 7.75. The summed E-state index contributed by atoms with van der Waals surface area (Å²) in [6, 6.07) is 6.84. The molecular formula is C27H36ClN. The average molecular weight is 410 g/mol. The van der Waals surface area contributed by atoms with E-state index in [0.717, 1.165) is 34.8 Å². The molecule has 1 N–H and O–H groups in total. The summed E-state index contributed by atoms with van der Waals surface area (Å²) >= 11 is 6.67. The minimum absolute atomic E-state index is 0.294. The van der Waals surface area contributed by atoms with Crippen LogP contribution < -0.4 is 5.32 Å². The summed E-state index contributed by atoms with van der Waals surface area (Å²) in [4.78, 5) is 0. The van der Waals surface area contributed by atoms with Crippen molar-refractivity contribution in [2.45, 2.75) is 101 Å². The van der Waals surface area contributed by atoms with Gasteiger partial charge in [0.15, 0.2) is 0 Å². The summed E-state index contributed by atoms with van der Waals surface area (Å²) in [6.07, 6.45) is 16.4. The van der Waals surface area contributed by atoms with E-state index in [-0.39, 0.29) is 0 Å². The number of benzene rings is 1. The maximum atomic E-state index is 6.67. The highest BCUT2D eigenvalue weighted by atomic mass is 35.5. The molecule has 6 rings (SSSR count). The molecule has 1 atom stereocenters. The minimum atomic E-state index is 0.294. The molecule has 1 aromatic rings. The van der Waals surface area contributed by atoms with Gasteiger partial charge in [-0.15, -0.1) is 0 Å². The third-order valence-corrected chi connectivity index (χ3v) is 8.69. The Balaban J connectivity index is 1.28. The van der Waals surface area contributed by atoms with Gasteiger partial charge >= 0.3 is 0 Å². The lowest BCUT2D eigenvalue weighted by atomic mass is 9.53. The predicted molar refractivity (Wildman–Crippen MR) is 122 cm³/mol. The van der Waals surface area contributed by atoms with E-state index in [2.05, 4.69) is 42.3 Å². The van der Waals surface area contributed by atoms with Crippen molar-refractivity contribution in [1.29, 1.82) is 0 Å². The Hall–Kier alpha value is -0.970. The molecule has 0 amide bonds. The highest BCUT2D eigenvalue weighted by Gasteiger charge is 2.51. The molecule has 4 bridgehead atoms. The van der Waals surface area contributed by atoms with Crippen molar-refractivity contribution in [2.24, 2.45) is 17.8 Å². The molecule has 2 heteroatoms. The fourth-order valence-electron chi connectivity index (χ4n) is 7.42. The van der Waals surface area contributed by atoms with E-state index in [4.69, 9.17) is 11.6 Å². The maximum Gasteiger partial charge on any atom is 0.0694 e. The van der Waals surface area contributed by atoms with Crippen LogP contribution in [-0.2, 0) is 0 Å². The first-order valence-corrected chi connectivity index (χ1v) is 12.6. The Morgan fingerprint density at radius 2 is 1.69 bits per heavy atom. The van der Waals surface area contributed by atoms with Crippen LogP contribution >= 0.6 is 11.6 Å². The van der Waals surface area contributed by atoms with Gasteiger partial charge in [-0.25, -0.2) is 0 Å². The SMILES string of the molecule is CCC(C#Cc1ccc(C2CCCCC2)c(Cl)c1)NC12CC3CC(CC(C3)C1)C2. The third kappa shape index (κ3) is 4.26. The molecule has 0 radical (unpaired) electrons. The molecule has 1 aromatic carbocycles. The van der Waals surface area contributed by atoms with Gasteiger partial charge in [-0.3, -0.25) is 5.32 Å². The van der Waals surface area contributed by atoms with Crippen molar-refractivity contribution < 1.29 is 0 Å². The van der Waals surface area contributed by atoms with Gasteiger partial charge in [-0.05, 0) is 99.2 Å². The zero-order valence-corrected chi connectivity index (χ0v) is 18.7. The third-order valence-electron chi connectivity index (χ3n) is 8.36. The number of rotatable bonds is 4. The largest absolute Gasteiger partial charge is 0.298 e. The van der Waals surface area contributed by atoms with Crippen molar-refractivity contribution in [2.75, 3.05) is 0 Å². The molecule has 5 saturated carbocycles. The molecule has 156 valence electrons. The molecule has 1 nitrogen and oxygen atoms in total. The van der Waals surface area contributed by atoms with E-state index >= 15 is 0 Å². The average Bonchev–Trinajstić information content (AvgIpc) is 2.71. The van der Waals surface area contributed by atoms with Crippen LogP contribution in [0.3, 0.4) is 0 Å². The summed E-state index contributed by atoms with van der Waals surface area (Å²) < 4.78 is 0. The van der Waals surface area contributed by atoms with Crippen LogP contribution in [0, 0.1) is 29.6 Å². The Kier molecular flexibility index (Phi) is 5.70. The summed E-state index contributed by atoms with van der Waals surface area (Å²) in [5.41, 5.74) is 2.79. The van der Waals surface area contributed by atoms with E-state index < -0.39 is 0 Å². The second-order valence-corrected chi connectivity index (χ2v) is 11.1. The number of hydrogen-bond acceptors (Lipinski definition) is 1. The zero-order valence-electron chi connectivity index (χ0n) is 18.0. The van der Waals surface area contributed by atoms with Crippen LogP contribution in [-0.4, -0.2) is 11.6 Å². The van der Waals surface area contributed by atoms with E-state index in [1.54, 1.807) is 0 Å². The Morgan fingerprint density at radius 1 is 1.03 bits per heavy atom. The van der Waals surface area contributed by atoms with Crippen molar-refractivity contribution in [3.8, 4) is 11.8 Å². The standard InChI is InChI=1S/C27H36ClN/c1-2-24(29-27-16-20-12-21(17-27)14-22(13-20)18-27)10-8-19-9-11-25(26(28)15-19)23-6-4-3-5-7-23/h9,11,15,20-24,29H,2-7,12-14,16-18H2,1H3. The van der Waals surface area contributed by atoms with Gasteiger partial charge in [0.1, 0.15) is 0 Å². The smallest absolute Gasteiger partial charge is 0.0694 e. The fraction of sp³-hybridized carbons (Fsp3) is 0.704. The Morgan fingerprint density at radius 3 is 2.28 bits per heavy atom. The molecule has 0 heterocycles. The minimum Gasteiger partial charge on any atom is -0.298 e. The highest BCUT2D eigenvalue weighted by molar-refractivity contribution is 6.31. The van der Waals surface area contributed by atoms with Crippen molar-refractivity contribution in [1.82, 2.24) is 5.32 Å². The van der Waals surface area contributed by atoms with Crippen LogP contribution in [0.2, 0.25) is 5.02 Å². The van der Waals surface area contributed by atoms with Gasteiger partial charge in [0.25, 0.3) is 0 Å². The summed E-state index contributed by atoms with van der Waals surface area (Å²) in [5.74, 6) is 10.6. The monoisotopic (exact) mass is 409 g/mol. The molecule has 0 aromatic heterocycles. The molecule has 5 fully saturated rings. The zero-order chi connectivity index (χ0) is 19.8. The van der Waals surface area contributed by atoms with Crippen LogP contribution in [0.1, 0.15) is 101 Å². The number of hydrogen-bond donors (Lipinski definition) is 1. The molecule has 0 aliphatic heterocycles. The lowest BCUT2D eigenvalue weighted by Gasteiger charge is -2.57. The first-order chi connectivity index (χ1) is 14.1. The summed E-state index contributed by atoms with van der Waals surface area (Å²) in [7, 11) is 0. The summed E-state index contributed by atoms with van der Waals surface area (Å²) in [5, 5.41) is 4.97. The molecule has 5 aliphatic carbocycles. The van der Waals surface area contributed by atoms with Gasteiger partial charge in [0, 0.05) is 16.1 Å². The number of nitrogens with one attached hydrogen (secondary N) is 1. The van der Waals surface area contributed by atoms with E-state index in [0.29, 0.717) is 17.5 Å². The lowest BCUT2D eigenvalue weighted by molar-refractivity contribution is -0.0225. The van der Waals surface area contributed by atoms with Crippen molar-refractivity contribution in [3.05, 3.63) is 34.3 Å². The van der Waals surface area contributed by atoms with Gasteiger partial charge in [0.05, 0.1) is 6.04 Å². The van der Waals surface area contributed by atoms with Gasteiger partial charge in [-0.2, -0.15) is 0 Å². The van der Waals surface area contributed by atoms with Crippen molar-refractivity contribution in [3.63, 3.8) is 0 Å². The van der Waals surface area contributed by atoms with Crippen LogP contribution in [0.15, 0.2) is 18.2 Å². The van der Waals surface area contributed by atoms with Crippen LogP contribution in [0.5, 0.6) is 0 Å². The Bertz CT molecular complexity index is 759. The van der Waals surface area contributed by atoms with E-state index in [1.807, 2.05) is 0 Å². The molecule has 5 aliphatic rings. The first-order valence-electron chi connectivity index (χ1n) is 12.2. The molecule has 0 spiro atoms. The van der Waals surface area contributed by atoms with Crippen molar-refractivity contribution >= 4 is 11.6 Å². The van der Waals surface area contributed by atoms with Crippen LogP contribution in [0.4, 0.5) is 0 Å². The normalized spacial score (nSPS) is 34.6.